The molecule has 1 unspecified atom stereocenters. The molecule has 38 valence electrons. The third kappa shape index (κ3) is 3.92. The van der Waals surface area contributed by atoms with Gasteiger partial charge in [0.15, 0.2) is 0 Å². The minimum atomic E-state index is -0.439. The van der Waals surface area contributed by atoms with E-state index in [2.05, 4.69) is 4.74 Å². The number of aliphatic hydroxyl groups is 1. The predicted octanol–water partition coefficient (Wildman–Crippen LogP) is 0.0136. The van der Waals surface area contributed by atoms with Crippen molar-refractivity contribution in [3.05, 3.63) is 0 Å². The van der Waals surface area contributed by atoms with Gasteiger partial charge in [0.25, 0.3) is 0 Å². The number of methoxy groups -OCH3 is 1. The Morgan fingerprint density at radius 2 is 2.83 bits per heavy atom. The first-order chi connectivity index (χ1) is 3.27. The fourth-order valence-corrected chi connectivity index (χ4v) is 0.171. The Hall–Kier alpha value is -0.0800. The molecule has 0 saturated heterocycles. The lowest BCUT2D eigenvalue weighted by Crippen LogP contribution is -2.07. The molecule has 0 aromatic heterocycles. The van der Waals surface area contributed by atoms with Crippen molar-refractivity contribution in [2.45, 2.75) is 13.0 Å². The summed E-state index contributed by atoms with van der Waals surface area (Å²) in [5.41, 5.74) is 0. The molecule has 0 bridgehead atoms. The van der Waals surface area contributed by atoms with Gasteiger partial charge in [-0.25, -0.2) is 0 Å². The molecule has 2 heteroatoms. The van der Waals surface area contributed by atoms with Crippen LogP contribution in [0.5, 0.6) is 0 Å². The van der Waals surface area contributed by atoms with Gasteiger partial charge in [0.05, 0.1) is 14.1 Å². The van der Waals surface area contributed by atoms with Crippen LogP contribution in [0.15, 0.2) is 0 Å². The second-order valence-corrected chi connectivity index (χ2v) is 1.22. The molecule has 0 aliphatic heterocycles. The Morgan fingerprint density at radius 3 is 3.00 bits per heavy atom. The quantitative estimate of drug-likeness (QED) is 0.519. The van der Waals surface area contributed by atoms with Crippen molar-refractivity contribution in [1.29, 1.82) is 0 Å². The Labute approximate surface area is 39.1 Å². The summed E-state index contributed by atoms with van der Waals surface area (Å²) in [6.07, 6.45) is -0.439. The van der Waals surface area contributed by atoms with Gasteiger partial charge in [-0.05, 0) is 6.92 Å². The van der Waals surface area contributed by atoms with Gasteiger partial charge in [-0.15, -0.1) is 0 Å². The summed E-state index contributed by atoms with van der Waals surface area (Å²) in [4.78, 5) is 0. The van der Waals surface area contributed by atoms with Gasteiger partial charge in [-0.2, -0.15) is 0 Å². The number of ether oxygens (including phenoxy) is 1. The van der Waals surface area contributed by atoms with Crippen molar-refractivity contribution in [2.24, 2.45) is 0 Å². The SMILES string of the molecule is [2H]COCC(C)O. The van der Waals surface area contributed by atoms with E-state index in [0.717, 1.165) is 0 Å². The van der Waals surface area contributed by atoms with Crippen LogP contribution in [0.25, 0.3) is 0 Å². The zero-order valence-corrected chi connectivity index (χ0v) is 3.85. The van der Waals surface area contributed by atoms with Crippen LogP contribution in [-0.4, -0.2) is 24.9 Å². The normalized spacial score (nSPS) is 16.7. The Kier molecular flexibility index (Phi) is 2.13. The third-order valence-electron chi connectivity index (χ3n) is 0.359. The van der Waals surface area contributed by atoms with E-state index in [1.807, 2.05) is 0 Å². The first kappa shape index (κ1) is 4.09. The highest BCUT2D eigenvalue weighted by Crippen LogP contribution is 1.75. The molecule has 2 nitrogen and oxygen atoms in total. The van der Waals surface area contributed by atoms with Crippen molar-refractivity contribution in [2.75, 3.05) is 13.7 Å². The molecular formula is C4H10O2. The molecule has 0 aromatic carbocycles. The Morgan fingerprint density at radius 1 is 2.17 bits per heavy atom. The van der Waals surface area contributed by atoms with Gasteiger partial charge < -0.3 is 9.84 Å². The average molecular weight is 91.1 g/mol. The summed E-state index contributed by atoms with van der Waals surface area (Å²) in [5, 5.41) is 8.48. The standard InChI is InChI=1S/C4H10O2/c1-4(5)3-6-2/h4-5H,3H2,1-2H3/i2D. The Bertz CT molecular complexity index is 38.7. The summed E-state index contributed by atoms with van der Waals surface area (Å²) in [6, 6.07) is 0. The second kappa shape index (κ2) is 3.12. The van der Waals surface area contributed by atoms with Crippen LogP contribution in [0, 0.1) is 0 Å². The van der Waals surface area contributed by atoms with E-state index in [0.29, 0.717) is 0 Å². The minimum Gasteiger partial charge on any atom is -0.391 e. The first-order valence-electron chi connectivity index (χ1n) is 2.53. The van der Waals surface area contributed by atoms with Crippen molar-refractivity contribution in [1.82, 2.24) is 0 Å². The van der Waals surface area contributed by atoms with Crippen LogP contribution >= 0.6 is 0 Å². The lowest BCUT2D eigenvalue weighted by Gasteiger charge is -1.97. The van der Waals surface area contributed by atoms with Gasteiger partial charge in [-0.1, -0.05) is 0 Å². The van der Waals surface area contributed by atoms with Crippen LogP contribution < -0.4 is 0 Å². The van der Waals surface area contributed by atoms with Gasteiger partial charge in [-0.3, -0.25) is 0 Å². The zero-order valence-electron chi connectivity index (χ0n) is 4.85. The molecule has 0 aliphatic carbocycles. The molecule has 1 N–H and O–H groups in total. The minimum absolute atomic E-state index is 0.0646. The fraction of sp³-hybridized carbons (Fsp3) is 1.00. The summed E-state index contributed by atoms with van der Waals surface area (Å²) in [7, 11) is -0.0646. The number of aliphatic hydroxyl groups excluding tert-OH is 1. The highest BCUT2D eigenvalue weighted by molar-refractivity contribution is 4.36. The smallest absolute Gasteiger partial charge is 0.0745 e. The maximum Gasteiger partial charge on any atom is 0.0745 e. The van der Waals surface area contributed by atoms with Crippen LogP contribution in [0.4, 0.5) is 0 Å². The Balaban J connectivity index is 2.68. The topological polar surface area (TPSA) is 29.5 Å². The summed E-state index contributed by atoms with van der Waals surface area (Å²) in [5.74, 6) is 0. The molecule has 0 fully saturated rings. The maximum absolute atomic E-state index is 8.48. The lowest BCUT2D eigenvalue weighted by atomic mass is 10.5. The van der Waals surface area contributed by atoms with E-state index in [-0.39, 0.29) is 13.7 Å². The highest BCUT2D eigenvalue weighted by atomic mass is 16.5. The maximum atomic E-state index is 8.48. The van der Waals surface area contributed by atoms with Crippen LogP contribution in [0.1, 0.15) is 8.29 Å². The average Bonchev–Trinajstić information content (AvgIpc) is 1.61. The van der Waals surface area contributed by atoms with Crippen LogP contribution in [0.2, 0.25) is 0 Å². The van der Waals surface area contributed by atoms with E-state index in [9.17, 15) is 0 Å². The molecule has 0 aliphatic rings. The van der Waals surface area contributed by atoms with Crippen LogP contribution in [-0.2, 0) is 4.74 Å². The van der Waals surface area contributed by atoms with Gasteiger partial charge in [0.2, 0.25) is 0 Å². The fourth-order valence-electron chi connectivity index (χ4n) is 0.171. The molecule has 6 heavy (non-hydrogen) atoms. The van der Waals surface area contributed by atoms with E-state index >= 15 is 0 Å². The molecule has 0 aromatic rings. The monoisotopic (exact) mass is 91.1 g/mol. The van der Waals surface area contributed by atoms with Crippen LogP contribution in [0.3, 0.4) is 0 Å². The van der Waals surface area contributed by atoms with Gasteiger partial charge in [0.1, 0.15) is 0 Å². The number of hydrogen-bond acceptors (Lipinski definition) is 2. The summed E-state index contributed by atoms with van der Waals surface area (Å²) in [6.45, 7) is 1.89. The predicted molar refractivity (Wildman–Crippen MR) is 23.6 cm³/mol. The molecular weight excluding hydrogens is 80.0 g/mol. The molecule has 0 rings (SSSR count). The number of hydrogen-bond donors (Lipinski definition) is 1. The summed E-state index contributed by atoms with van der Waals surface area (Å²) < 4.78 is 11.0. The molecule has 0 radical (unpaired) electrons. The van der Waals surface area contributed by atoms with Gasteiger partial charge in [0, 0.05) is 7.09 Å². The molecule has 0 amide bonds. The van der Waals surface area contributed by atoms with E-state index < -0.39 is 6.10 Å². The van der Waals surface area contributed by atoms with E-state index in [4.69, 9.17) is 6.48 Å². The molecule has 1 atom stereocenters. The largest absolute Gasteiger partial charge is 0.391 e. The lowest BCUT2D eigenvalue weighted by molar-refractivity contribution is 0.0765. The third-order valence-corrected chi connectivity index (χ3v) is 0.359. The molecule has 0 spiro atoms. The van der Waals surface area contributed by atoms with Gasteiger partial charge >= 0.3 is 0 Å². The highest BCUT2D eigenvalue weighted by Gasteiger charge is 1.87. The van der Waals surface area contributed by atoms with Crippen molar-refractivity contribution in [3.8, 4) is 0 Å². The van der Waals surface area contributed by atoms with Crippen molar-refractivity contribution in [3.63, 3.8) is 0 Å². The number of rotatable bonds is 2. The van der Waals surface area contributed by atoms with E-state index in [1.54, 1.807) is 6.92 Å². The molecule has 0 saturated carbocycles. The summed E-state index contributed by atoms with van der Waals surface area (Å²) >= 11 is 0. The van der Waals surface area contributed by atoms with E-state index in [1.165, 1.54) is 0 Å². The van der Waals surface area contributed by atoms with Crippen molar-refractivity contribution < 1.29 is 11.2 Å². The zero-order chi connectivity index (χ0) is 5.70. The first-order valence-corrected chi connectivity index (χ1v) is 1.82. The van der Waals surface area contributed by atoms with Crippen molar-refractivity contribution >= 4 is 0 Å². The second-order valence-electron chi connectivity index (χ2n) is 1.22. The molecule has 0 heterocycles.